The van der Waals surface area contributed by atoms with Crippen molar-refractivity contribution in [2.45, 2.75) is 39.2 Å². The van der Waals surface area contributed by atoms with Gasteiger partial charge in [0.2, 0.25) is 0 Å². The van der Waals surface area contributed by atoms with Gasteiger partial charge in [-0.1, -0.05) is 56.8 Å². The van der Waals surface area contributed by atoms with E-state index in [1.54, 1.807) is 11.3 Å². The summed E-state index contributed by atoms with van der Waals surface area (Å²) in [5, 5.41) is 5.27. The molecule has 0 bridgehead atoms. The summed E-state index contributed by atoms with van der Waals surface area (Å²) in [6.45, 7) is 8.54. The van der Waals surface area contributed by atoms with Crippen LogP contribution >= 0.6 is 11.3 Å². The Morgan fingerprint density at radius 3 is 2.66 bits per heavy atom. The maximum Gasteiger partial charge on any atom is 0.316 e. The quantitative estimate of drug-likeness (QED) is 0.729. The number of benzene rings is 1. The van der Waals surface area contributed by atoms with Gasteiger partial charge in [-0.15, -0.1) is 11.3 Å². The Morgan fingerprint density at radius 2 is 1.97 bits per heavy atom. The lowest BCUT2D eigenvalue weighted by molar-refractivity contribution is -0.149. The molecule has 5 heteroatoms. The number of ketones is 1. The van der Waals surface area contributed by atoms with Gasteiger partial charge >= 0.3 is 5.97 Å². The molecule has 2 aromatic rings. The fourth-order valence-corrected chi connectivity index (χ4v) is 5.19. The second-order valence-electron chi connectivity index (χ2n) is 8.55. The zero-order valence-electron chi connectivity index (χ0n) is 16.7. The fourth-order valence-electron chi connectivity index (χ4n) is 4.32. The number of carbonyl (C=O) groups excluding carboxylic acids is 2. The van der Waals surface area contributed by atoms with Crippen molar-refractivity contribution in [3.8, 4) is 0 Å². The molecule has 4 rings (SSSR count). The van der Waals surface area contributed by atoms with Gasteiger partial charge in [0.25, 0.3) is 0 Å². The monoisotopic (exact) mass is 407 g/mol. The topological polar surface area (TPSA) is 55.4 Å². The molecular weight excluding hydrogens is 382 g/mol. The van der Waals surface area contributed by atoms with E-state index in [1.807, 2.05) is 47.8 Å². The van der Waals surface area contributed by atoms with Crippen LogP contribution in [0.3, 0.4) is 0 Å². The molecule has 2 aliphatic rings. The highest BCUT2D eigenvalue weighted by Crippen LogP contribution is 2.49. The Morgan fingerprint density at radius 1 is 1.21 bits per heavy atom. The molecule has 2 unspecified atom stereocenters. The summed E-state index contributed by atoms with van der Waals surface area (Å²) >= 11 is 1.56. The minimum Gasteiger partial charge on any atom is -0.460 e. The van der Waals surface area contributed by atoms with Crippen LogP contribution in [0.4, 0.5) is 0 Å². The average molecular weight is 408 g/mol. The first-order valence-electron chi connectivity index (χ1n) is 9.82. The zero-order chi connectivity index (χ0) is 20.6. The number of carbonyl (C=O) groups is 2. The Bertz CT molecular complexity index is 973. The summed E-state index contributed by atoms with van der Waals surface area (Å²) in [6.07, 6.45) is 1.24. The maximum atomic E-state index is 13.1. The first-order chi connectivity index (χ1) is 13.9. The molecule has 1 aliphatic heterocycles. The van der Waals surface area contributed by atoms with Gasteiger partial charge in [-0.05, 0) is 28.8 Å². The SMILES string of the molecule is C=C1NC2=C(C(=O)CC(C)(C)C2)C(c2cccs2)C1C(=O)OCc1ccccc1. The van der Waals surface area contributed by atoms with E-state index in [1.165, 1.54) is 0 Å². The molecule has 0 saturated heterocycles. The molecule has 150 valence electrons. The van der Waals surface area contributed by atoms with E-state index in [9.17, 15) is 9.59 Å². The summed E-state index contributed by atoms with van der Waals surface area (Å²) in [5.41, 5.74) is 3.05. The molecule has 4 nitrogen and oxygen atoms in total. The molecule has 0 radical (unpaired) electrons. The van der Waals surface area contributed by atoms with Crippen LogP contribution in [0.2, 0.25) is 0 Å². The fraction of sp³-hybridized carbons (Fsp3) is 0.333. The molecule has 0 fully saturated rings. The number of nitrogens with one attached hydrogen (secondary N) is 1. The van der Waals surface area contributed by atoms with Gasteiger partial charge in [-0.25, -0.2) is 0 Å². The lowest BCUT2D eigenvalue weighted by atomic mass is 9.68. The van der Waals surface area contributed by atoms with Gasteiger partial charge in [-0.3, -0.25) is 9.59 Å². The predicted octanol–water partition coefficient (Wildman–Crippen LogP) is 4.95. The van der Waals surface area contributed by atoms with Gasteiger partial charge in [0.15, 0.2) is 5.78 Å². The van der Waals surface area contributed by atoms with Crippen LogP contribution in [0.1, 0.15) is 43.0 Å². The molecule has 0 saturated carbocycles. The van der Waals surface area contributed by atoms with Crippen LogP contribution in [0, 0.1) is 11.3 Å². The van der Waals surface area contributed by atoms with E-state index in [-0.39, 0.29) is 29.7 Å². The van der Waals surface area contributed by atoms with E-state index < -0.39 is 5.92 Å². The number of Topliss-reactive ketones (excluding diaryl/α,β-unsaturated/α-hetero) is 1. The molecule has 2 atom stereocenters. The minimum atomic E-state index is -0.624. The first-order valence-corrected chi connectivity index (χ1v) is 10.7. The first kappa shape index (κ1) is 19.6. The summed E-state index contributed by atoms with van der Waals surface area (Å²) in [5.74, 6) is -1.21. The highest BCUT2D eigenvalue weighted by atomic mass is 32.1. The molecule has 1 aromatic carbocycles. The van der Waals surface area contributed by atoms with Gasteiger partial charge in [0.1, 0.15) is 12.5 Å². The van der Waals surface area contributed by atoms with Crippen LogP contribution in [0.25, 0.3) is 0 Å². The maximum absolute atomic E-state index is 13.1. The highest BCUT2D eigenvalue weighted by molar-refractivity contribution is 7.10. The summed E-state index contributed by atoms with van der Waals surface area (Å²) in [6, 6.07) is 13.5. The van der Waals surface area contributed by atoms with E-state index in [2.05, 4.69) is 25.7 Å². The molecule has 1 aromatic heterocycles. The number of rotatable bonds is 4. The van der Waals surface area contributed by atoms with Crippen molar-refractivity contribution in [3.63, 3.8) is 0 Å². The van der Waals surface area contributed by atoms with Crippen LogP contribution in [-0.2, 0) is 20.9 Å². The van der Waals surface area contributed by atoms with Gasteiger partial charge < -0.3 is 10.1 Å². The van der Waals surface area contributed by atoms with Crippen molar-refractivity contribution in [1.82, 2.24) is 5.32 Å². The molecule has 0 spiro atoms. The minimum absolute atomic E-state index is 0.107. The standard InChI is InChI=1S/C24H25NO3S/c1-15-20(23(27)28-14-16-8-5-4-6-9-16)22(19-10-7-11-29-19)21-17(25-15)12-24(2,3)13-18(21)26/h4-11,20,22,25H,1,12-14H2,2-3H3. The summed E-state index contributed by atoms with van der Waals surface area (Å²) in [4.78, 5) is 27.3. The second-order valence-corrected chi connectivity index (χ2v) is 9.53. The zero-order valence-corrected chi connectivity index (χ0v) is 17.6. The van der Waals surface area contributed by atoms with Crippen molar-refractivity contribution < 1.29 is 14.3 Å². The Balaban J connectivity index is 1.68. The number of ether oxygens (including phenoxy) is 1. The largest absolute Gasteiger partial charge is 0.460 e. The van der Waals surface area contributed by atoms with Crippen LogP contribution in [0.5, 0.6) is 0 Å². The number of esters is 1. The van der Waals surface area contributed by atoms with Gasteiger partial charge in [-0.2, -0.15) is 0 Å². The van der Waals surface area contributed by atoms with Crippen LogP contribution < -0.4 is 5.32 Å². The highest BCUT2D eigenvalue weighted by Gasteiger charge is 2.47. The summed E-state index contributed by atoms with van der Waals surface area (Å²) in [7, 11) is 0. The number of hydrogen-bond donors (Lipinski definition) is 1. The number of hydrogen-bond acceptors (Lipinski definition) is 5. The van der Waals surface area contributed by atoms with Gasteiger partial charge in [0.05, 0.1) is 0 Å². The summed E-state index contributed by atoms with van der Waals surface area (Å²) < 4.78 is 5.65. The van der Waals surface area contributed by atoms with Gasteiger partial charge in [0, 0.05) is 34.2 Å². The Hall–Kier alpha value is -2.66. The Labute approximate surface area is 175 Å². The van der Waals surface area contributed by atoms with Crippen molar-refractivity contribution in [2.24, 2.45) is 11.3 Å². The number of thiophene rings is 1. The lowest BCUT2D eigenvalue weighted by Crippen LogP contribution is -2.43. The van der Waals surface area contributed by atoms with Crippen LogP contribution in [0.15, 0.2) is 71.4 Å². The lowest BCUT2D eigenvalue weighted by Gasteiger charge is -2.41. The number of allylic oxidation sites excluding steroid dienone is 2. The Kier molecular flexibility index (Phi) is 5.17. The van der Waals surface area contributed by atoms with Crippen molar-refractivity contribution in [2.75, 3.05) is 0 Å². The smallest absolute Gasteiger partial charge is 0.316 e. The molecule has 29 heavy (non-hydrogen) atoms. The van der Waals surface area contributed by atoms with Crippen LogP contribution in [-0.4, -0.2) is 11.8 Å². The molecular formula is C24H25NO3S. The molecule has 1 N–H and O–H groups in total. The average Bonchev–Trinajstić information content (AvgIpc) is 3.19. The van der Waals surface area contributed by atoms with Crippen molar-refractivity contribution in [1.29, 1.82) is 0 Å². The molecule has 1 aliphatic carbocycles. The normalized spacial score (nSPS) is 23.4. The second kappa shape index (κ2) is 7.64. The van der Waals surface area contributed by atoms with E-state index >= 15 is 0 Å². The predicted molar refractivity (Wildman–Crippen MR) is 114 cm³/mol. The van der Waals surface area contributed by atoms with Crippen molar-refractivity contribution in [3.05, 3.63) is 81.8 Å². The van der Waals surface area contributed by atoms with E-state index in [0.717, 1.165) is 28.1 Å². The van der Waals surface area contributed by atoms with E-state index in [0.29, 0.717) is 12.1 Å². The van der Waals surface area contributed by atoms with Crippen molar-refractivity contribution >= 4 is 23.1 Å². The van der Waals surface area contributed by atoms with E-state index in [4.69, 9.17) is 4.74 Å². The molecule has 0 amide bonds. The third-order valence-electron chi connectivity index (χ3n) is 5.58. The third kappa shape index (κ3) is 3.92. The molecule has 2 heterocycles. The third-order valence-corrected chi connectivity index (χ3v) is 6.53.